The SMILES string of the molecule is C=CCN1CCCC12CCCN(C(=O)c1cccc(F)c1)C2. The quantitative estimate of drug-likeness (QED) is 0.801. The predicted octanol–water partition coefficient (Wildman–Crippen LogP) is 3.08. The summed E-state index contributed by atoms with van der Waals surface area (Å²) < 4.78 is 13.4. The number of piperidine rings is 1. The third-order valence-electron chi connectivity index (χ3n) is 5.00. The maximum absolute atomic E-state index is 13.4. The van der Waals surface area contributed by atoms with Crippen LogP contribution < -0.4 is 0 Å². The van der Waals surface area contributed by atoms with Crippen LogP contribution in [-0.4, -0.2) is 47.4 Å². The summed E-state index contributed by atoms with van der Waals surface area (Å²) in [5.41, 5.74) is 0.542. The van der Waals surface area contributed by atoms with E-state index in [1.165, 1.54) is 18.6 Å². The molecular formula is C18H23FN2O. The molecule has 0 radical (unpaired) electrons. The van der Waals surface area contributed by atoms with Crippen LogP contribution in [0, 0.1) is 5.82 Å². The Balaban J connectivity index is 1.78. The van der Waals surface area contributed by atoms with Crippen LogP contribution in [0.2, 0.25) is 0 Å². The molecule has 3 nitrogen and oxygen atoms in total. The number of likely N-dealkylation sites (tertiary alicyclic amines) is 2. The first-order valence-electron chi connectivity index (χ1n) is 8.05. The number of nitrogens with zero attached hydrogens (tertiary/aromatic N) is 2. The second-order valence-electron chi connectivity index (χ2n) is 6.40. The van der Waals surface area contributed by atoms with Gasteiger partial charge in [-0.05, 0) is 50.4 Å². The molecule has 22 heavy (non-hydrogen) atoms. The van der Waals surface area contributed by atoms with Gasteiger partial charge in [-0.15, -0.1) is 6.58 Å². The van der Waals surface area contributed by atoms with Crippen molar-refractivity contribution in [3.05, 3.63) is 48.3 Å². The highest BCUT2D eigenvalue weighted by atomic mass is 19.1. The first-order chi connectivity index (χ1) is 10.6. The Morgan fingerprint density at radius 1 is 1.32 bits per heavy atom. The van der Waals surface area contributed by atoms with Gasteiger partial charge in [0.2, 0.25) is 0 Å². The van der Waals surface area contributed by atoms with Crippen LogP contribution >= 0.6 is 0 Å². The fourth-order valence-corrected chi connectivity index (χ4v) is 3.99. The van der Waals surface area contributed by atoms with Gasteiger partial charge in [0.05, 0.1) is 0 Å². The molecular weight excluding hydrogens is 279 g/mol. The highest BCUT2D eigenvalue weighted by molar-refractivity contribution is 5.94. The van der Waals surface area contributed by atoms with Gasteiger partial charge in [0.15, 0.2) is 0 Å². The Morgan fingerprint density at radius 2 is 2.09 bits per heavy atom. The van der Waals surface area contributed by atoms with Crippen molar-refractivity contribution in [2.24, 2.45) is 0 Å². The van der Waals surface area contributed by atoms with E-state index in [-0.39, 0.29) is 17.3 Å². The monoisotopic (exact) mass is 302 g/mol. The van der Waals surface area contributed by atoms with Crippen LogP contribution in [0.5, 0.6) is 0 Å². The van der Waals surface area contributed by atoms with E-state index in [1.807, 2.05) is 11.0 Å². The van der Waals surface area contributed by atoms with Gasteiger partial charge in [-0.1, -0.05) is 12.1 Å². The molecule has 2 saturated heterocycles. The minimum Gasteiger partial charge on any atom is -0.337 e. The van der Waals surface area contributed by atoms with Crippen molar-refractivity contribution in [2.75, 3.05) is 26.2 Å². The maximum Gasteiger partial charge on any atom is 0.254 e. The molecule has 1 aromatic carbocycles. The van der Waals surface area contributed by atoms with Crippen LogP contribution in [0.25, 0.3) is 0 Å². The third kappa shape index (κ3) is 2.80. The van der Waals surface area contributed by atoms with Crippen molar-refractivity contribution in [3.8, 4) is 0 Å². The summed E-state index contributed by atoms with van der Waals surface area (Å²) in [6, 6.07) is 6.00. The molecule has 1 aromatic rings. The van der Waals surface area contributed by atoms with E-state index in [0.717, 1.165) is 45.4 Å². The summed E-state index contributed by atoms with van der Waals surface area (Å²) in [5.74, 6) is -0.407. The first kappa shape index (κ1) is 15.2. The average Bonchev–Trinajstić information content (AvgIpc) is 2.89. The minimum atomic E-state index is -0.355. The van der Waals surface area contributed by atoms with Crippen molar-refractivity contribution in [2.45, 2.75) is 31.2 Å². The number of carbonyl (C=O) groups is 1. The Kier molecular flexibility index (Phi) is 4.30. The fourth-order valence-electron chi connectivity index (χ4n) is 3.99. The summed E-state index contributed by atoms with van der Waals surface area (Å²) >= 11 is 0. The summed E-state index contributed by atoms with van der Waals surface area (Å²) in [6.07, 6.45) is 6.40. The molecule has 2 fully saturated rings. The molecule has 3 rings (SSSR count). The van der Waals surface area contributed by atoms with Crippen LogP contribution in [0.4, 0.5) is 4.39 Å². The van der Waals surface area contributed by atoms with Crippen LogP contribution in [0.1, 0.15) is 36.0 Å². The van der Waals surface area contributed by atoms with Gasteiger partial charge in [-0.2, -0.15) is 0 Å². The maximum atomic E-state index is 13.4. The third-order valence-corrected chi connectivity index (χ3v) is 5.00. The molecule has 0 N–H and O–H groups in total. The smallest absolute Gasteiger partial charge is 0.254 e. The highest BCUT2D eigenvalue weighted by Crippen LogP contribution is 2.37. The molecule has 0 aliphatic carbocycles. The lowest BCUT2D eigenvalue weighted by Gasteiger charge is -2.45. The topological polar surface area (TPSA) is 23.6 Å². The van der Waals surface area contributed by atoms with Crippen molar-refractivity contribution in [1.82, 2.24) is 9.80 Å². The molecule has 0 bridgehead atoms. The molecule has 2 aliphatic heterocycles. The zero-order chi connectivity index (χ0) is 15.6. The van der Waals surface area contributed by atoms with Crippen LogP contribution in [0.3, 0.4) is 0 Å². The zero-order valence-electron chi connectivity index (χ0n) is 12.9. The molecule has 4 heteroatoms. The number of hydrogen-bond acceptors (Lipinski definition) is 2. The number of hydrogen-bond donors (Lipinski definition) is 0. The number of halogens is 1. The number of amides is 1. The Bertz CT molecular complexity index is 574. The van der Waals surface area contributed by atoms with Gasteiger partial charge >= 0.3 is 0 Å². The Hall–Kier alpha value is -1.68. The number of carbonyl (C=O) groups excluding carboxylic acids is 1. The van der Waals surface area contributed by atoms with Gasteiger partial charge in [0.25, 0.3) is 5.91 Å². The van der Waals surface area contributed by atoms with Crippen molar-refractivity contribution in [1.29, 1.82) is 0 Å². The molecule has 1 spiro atoms. The summed E-state index contributed by atoms with van der Waals surface area (Å²) in [4.78, 5) is 17.0. The molecule has 2 aliphatic rings. The lowest BCUT2D eigenvalue weighted by molar-refractivity contribution is 0.0366. The van der Waals surface area contributed by atoms with E-state index < -0.39 is 0 Å². The zero-order valence-corrected chi connectivity index (χ0v) is 12.9. The van der Waals surface area contributed by atoms with E-state index in [2.05, 4.69) is 11.5 Å². The van der Waals surface area contributed by atoms with Gasteiger partial charge < -0.3 is 4.90 Å². The number of rotatable bonds is 3. The molecule has 0 saturated carbocycles. The summed E-state index contributed by atoms with van der Waals surface area (Å²) in [7, 11) is 0. The van der Waals surface area contributed by atoms with Crippen molar-refractivity contribution in [3.63, 3.8) is 0 Å². The second-order valence-corrected chi connectivity index (χ2v) is 6.40. The van der Waals surface area contributed by atoms with Crippen molar-refractivity contribution >= 4 is 5.91 Å². The molecule has 1 amide bonds. The van der Waals surface area contributed by atoms with Gasteiger partial charge in [-0.25, -0.2) is 4.39 Å². The standard InChI is InChI=1S/C18H23FN2O/c1-2-10-21-12-5-9-18(21)8-4-11-20(14-18)17(22)15-6-3-7-16(19)13-15/h2-3,6-7,13H,1,4-5,8-12,14H2. The lowest BCUT2D eigenvalue weighted by Crippen LogP contribution is -2.56. The van der Waals surface area contributed by atoms with Gasteiger partial charge in [-0.3, -0.25) is 9.69 Å². The Labute approximate surface area is 131 Å². The van der Waals surface area contributed by atoms with Crippen molar-refractivity contribution < 1.29 is 9.18 Å². The highest BCUT2D eigenvalue weighted by Gasteiger charge is 2.44. The molecule has 0 aromatic heterocycles. The van der Waals surface area contributed by atoms with E-state index in [0.29, 0.717) is 5.56 Å². The number of benzene rings is 1. The molecule has 2 heterocycles. The average molecular weight is 302 g/mol. The van der Waals surface area contributed by atoms with Gasteiger partial charge in [0.1, 0.15) is 5.82 Å². The normalized spacial score (nSPS) is 25.6. The molecule has 1 unspecified atom stereocenters. The predicted molar refractivity (Wildman–Crippen MR) is 85.3 cm³/mol. The minimum absolute atomic E-state index is 0.0518. The molecule has 118 valence electrons. The Morgan fingerprint density at radius 3 is 2.82 bits per heavy atom. The lowest BCUT2D eigenvalue weighted by atomic mass is 9.86. The van der Waals surface area contributed by atoms with E-state index in [9.17, 15) is 9.18 Å². The molecule has 1 atom stereocenters. The van der Waals surface area contributed by atoms with E-state index >= 15 is 0 Å². The van der Waals surface area contributed by atoms with Crippen LogP contribution in [0.15, 0.2) is 36.9 Å². The van der Waals surface area contributed by atoms with E-state index in [4.69, 9.17) is 0 Å². The van der Waals surface area contributed by atoms with Gasteiger partial charge in [0, 0.05) is 30.7 Å². The summed E-state index contributed by atoms with van der Waals surface area (Å²) in [5, 5.41) is 0. The first-order valence-corrected chi connectivity index (χ1v) is 8.05. The fraction of sp³-hybridized carbons (Fsp3) is 0.500. The van der Waals surface area contributed by atoms with E-state index in [1.54, 1.807) is 12.1 Å². The summed E-state index contributed by atoms with van der Waals surface area (Å²) in [6.45, 7) is 7.31. The largest absolute Gasteiger partial charge is 0.337 e. The van der Waals surface area contributed by atoms with Crippen LogP contribution in [-0.2, 0) is 0 Å². The second kappa shape index (κ2) is 6.21.